The van der Waals surface area contributed by atoms with Crippen LogP contribution in [0.15, 0.2) is 59.8 Å². The highest BCUT2D eigenvalue weighted by atomic mass is 19.3. The third-order valence-electron chi connectivity index (χ3n) is 5.11. The summed E-state index contributed by atoms with van der Waals surface area (Å²) in [5.74, 6) is -0.595. The molecule has 1 aromatic carbocycles. The SMILES string of the molecule is C[C@@H](NC(=O)c1ccc(=O)n(-c2cncc(-c3cnnn3C)c2)n1)c1cc(N)cc(C(F)F)c1. The first kappa shape index (κ1) is 22.7. The fourth-order valence-electron chi connectivity index (χ4n) is 3.38. The smallest absolute Gasteiger partial charge is 0.272 e. The standard InChI is InChI=1S/C22H20F2N8O2/c1-12(13-5-14(21(23)24)7-16(25)6-13)28-22(34)18-3-4-20(33)32(29-18)17-8-15(9-26-10-17)19-11-27-30-31(19)2/h3-12,21H,25H2,1-2H3,(H,28,34)/t12-/m1/s1. The maximum atomic E-state index is 13.1. The maximum Gasteiger partial charge on any atom is 0.272 e. The van der Waals surface area contributed by atoms with E-state index in [1.54, 1.807) is 37.1 Å². The van der Waals surface area contributed by atoms with Crippen molar-refractivity contribution in [3.8, 4) is 16.9 Å². The summed E-state index contributed by atoms with van der Waals surface area (Å²) in [5, 5.41) is 14.6. The van der Waals surface area contributed by atoms with Crippen molar-refractivity contribution >= 4 is 11.6 Å². The van der Waals surface area contributed by atoms with Gasteiger partial charge in [0.15, 0.2) is 0 Å². The largest absolute Gasteiger partial charge is 0.399 e. The Kier molecular flexibility index (Phi) is 6.13. The molecule has 0 bridgehead atoms. The van der Waals surface area contributed by atoms with E-state index in [0.29, 0.717) is 22.5 Å². The number of anilines is 1. The van der Waals surface area contributed by atoms with Crippen molar-refractivity contribution < 1.29 is 13.6 Å². The van der Waals surface area contributed by atoms with Gasteiger partial charge in [-0.15, -0.1) is 5.10 Å². The maximum absolute atomic E-state index is 13.1. The summed E-state index contributed by atoms with van der Waals surface area (Å²) >= 11 is 0. The van der Waals surface area contributed by atoms with Crippen LogP contribution in [0.3, 0.4) is 0 Å². The Morgan fingerprint density at radius 2 is 1.85 bits per heavy atom. The zero-order valence-electron chi connectivity index (χ0n) is 18.2. The number of halogens is 2. The molecular formula is C22H20F2N8O2. The highest BCUT2D eigenvalue weighted by molar-refractivity contribution is 5.92. The van der Waals surface area contributed by atoms with Crippen molar-refractivity contribution in [1.29, 1.82) is 0 Å². The van der Waals surface area contributed by atoms with Crippen LogP contribution in [0.1, 0.15) is 41.0 Å². The van der Waals surface area contributed by atoms with Crippen molar-refractivity contribution in [3.05, 3.63) is 82.2 Å². The van der Waals surface area contributed by atoms with Crippen LogP contribution in [0.5, 0.6) is 0 Å². The van der Waals surface area contributed by atoms with Gasteiger partial charge in [0.05, 0.1) is 29.8 Å². The minimum Gasteiger partial charge on any atom is -0.399 e. The molecule has 3 heterocycles. The lowest BCUT2D eigenvalue weighted by Gasteiger charge is -2.16. The number of carbonyl (C=O) groups is 1. The van der Waals surface area contributed by atoms with Crippen molar-refractivity contribution in [2.75, 3.05) is 5.73 Å². The van der Waals surface area contributed by atoms with Gasteiger partial charge in [0, 0.05) is 36.1 Å². The molecule has 34 heavy (non-hydrogen) atoms. The Labute approximate surface area is 192 Å². The van der Waals surface area contributed by atoms with E-state index in [1.807, 2.05) is 0 Å². The van der Waals surface area contributed by atoms with Gasteiger partial charge in [-0.3, -0.25) is 14.6 Å². The number of nitrogens with zero attached hydrogens (tertiary/aromatic N) is 6. The molecule has 1 amide bonds. The average molecular weight is 466 g/mol. The minimum atomic E-state index is -2.69. The van der Waals surface area contributed by atoms with Crippen LogP contribution in [0.2, 0.25) is 0 Å². The molecule has 0 radical (unpaired) electrons. The fraction of sp³-hybridized carbons (Fsp3) is 0.182. The van der Waals surface area contributed by atoms with Gasteiger partial charge >= 0.3 is 0 Å². The number of aryl methyl sites for hydroxylation is 1. The van der Waals surface area contributed by atoms with Gasteiger partial charge in [0.2, 0.25) is 0 Å². The first-order chi connectivity index (χ1) is 16.2. The molecule has 0 unspecified atom stereocenters. The van der Waals surface area contributed by atoms with Crippen molar-refractivity contribution in [2.24, 2.45) is 7.05 Å². The van der Waals surface area contributed by atoms with Gasteiger partial charge in [0.25, 0.3) is 17.9 Å². The van der Waals surface area contributed by atoms with E-state index in [4.69, 9.17) is 5.73 Å². The summed E-state index contributed by atoms with van der Waals surface area (Å²) in [6.07, 6.45) is 1.88. The van der Waals surface area contributed by atoms with E-state index in [-0.39, 0.29) is 16.9 Å². The molecule has 12 heteroatoms. The second-order valence-corrected chi connectivity index (χ2v) is 7.57. The number of hydrogen-bond acceptors (Lipinski definition) is 7. The Morgan fingerprint density at radius 3 is 2.56 bits per heavy atom. The quantitative estimate of drug-likeness (QED) is 0.417. The van der Waals surface area contributed by atoms with Crippen LogP contribution in [0, 0.1) is 0 Å². The van der Waals surface area contributed by atoms with Crippen LogP contribution in [0.25, 0.3) is 16.9 Å². The Balaban J connectivity index is 1.61. The summed E-state index contributed by atoms with van der Waals surface area (Å²) < 4.78 is 28.8. The zero-order chi connectivity index (χ0) is 24.4. The number of nitrogen functional groups attached to an aromatic ring is 1. The van der Waals surface area contributed by atoms with Crippen molar-refractivity contribution in [1.82, 2.24) is 35.1 Å². The second kappa shape index (κ2) is 9.17. The number of amides is 1. The fourth-order valence-corrected chi connectivity index (χ4v) is 3.38. The van der Waals surface area contributed by atoms with Gasteiger partial charge in [0.1, 0.15) is 5.69 Å². The third kappa shape index (κ3) is 4.65. The van der Waals surface area contributed by atoms with Gasteiger partial charge in [-0.25, -0.2) is 13.5 Å². The number of carbonyl (C=O) groups excluding carboxylic acids is 1. The normalized spacial score (nSPS) is 12.0. The average Bonchev–Trinajstić information content (AvgIpc) is 3.24. The third-order valence-corrected chi connectivity index (χ3v) is 5.11. The molecular weight excluding hydrogens is 446 g/mol. The number of hydrogen-bond donors (Lipinski definition) is 2. The molecule has 10 nitrogen and oxygen atoms in total. The topological polar surface area (TPSA) is 134 Å². The van der Waals surface area contributed by atoms with Crippen LogP contribution < -0.4 is 16.6 Å². The lowest BCUT2D eigenvalue weighted by Crippen LogP contribution is -2.30. The molecule has 0 saturated heterocycles. The minimum absolute atomic E-state index is 0.0444. The highest BCUT2D eigenvalue weighted by Gasteiger charge is 2.17. The summed E-state index contributed by atoms with van der Waals surface area (Å²) in [5.41, 5.74) is 7.22. The number of rotatable bonds is 6. The molecule has 4 aromatic rings. The summed E-state index contributed by atoms with van der Waals surface area (Å²) in [6, 6.07) is 7.50. The summed E-state index contributed by atoms with van der Waals surface area (Å²) in [7, 11) is 1.72. The molecule has 3 N–H and O–H groups in total. The first-order valence-electron chi connectivity index (χ1n) is 10.1. The highest BCUT2D eigenvalue weighted by Crippen LogP contribution is 2.26. The molecule has 0 saturated carbocycles. The van der Waals surface area contributed by atoms with Gasteiger partial charge in [-0.05, 0) is 42.8 Å². The Bertz CT molecular complexity index is 1420. The second-order valence-electron chi connectivity index (χ2n) is 7.57. The van der Waals surface area contributed by atoms with Crippen LogP contribution in [-0.4, -0.2) is 35.7 Å². The molecule has 1 atom stereocenters. The number of pyridine rings is 1. The Hall–Kier alpha value is -4.48. The lowest BCUT2D eigenvalue weighted by molar-refractivity contribution is 0.0933. The van der Waals surface area contributed by atoms with E-state index < -0.39 is 23.9 Å². The van der Waals surface area contributed by atoms with Crippen molar-refractivity contribution in [2.45, 2.75) is 19.4 Å². The molecule has 4 rings (SSSR count). The van der Waals surface area contributed by atoms with Crippen LogP contribution in [-0.2, 0) is 7.05 Å². The number of nitrogens with one attached hydrogen (secondary N) is 1. The molecule has 0 fully saturated rings. The summed E-state index contributed by atoms with van der Waals surface area (Å²) in [6.45, 7) is 1.63. The Morgan fingerprint density at radius 1 is 1.09 bits per heavy atom. The molecule has 3 aromatic heterocycles. The van der Waals surface area contributed by atoms with Crippen LogP contribution >= 0.6 is 0 Å². The predicted octanol–water partition coefficient (Wildman–Crippen LogP) is 2.43. The van der Waals surface area contributed by atoms with E-state index in [1.165, 1.54) is 36.5 Å². The number of alkyl halides is 2. The monoisotopic (exact) mass is 466 g/mol. The van der Waals surface area contributed by atoms with E-state index in [9.17, 15) is 18.4 Å². The number of benzene rings is 1. The zero-order valence-corrected chi connectivity index (χ0v) is 18.2. The number of aromatic nitrogens is 6. The van der Waals surface area contributed by atoms with E-state index in [2.05, 4.69) is 25.7 Å². The molecule has 0 aliphatic rings. The molecule has 174 valence electrons. The molecule has 0 aliphatic carbocycles. The van der Waals surface area contributed by atoms with Gasteiger partial charge in [-0.1, -0.05) is 5.21 Å². The van der Waals surface area contributed by atoms with E-state index >= 15 is 0 Å². The van der Waals surface area contributed by atoms with Gasteiger partial charge in [-0.2, -0.15) is 9.78 Å². The predicted molar refractivity (Wildman–Crippen MR) is 119 cm³/mol. The van der Waals surface area contributed by atoms with E-state index in [0.717, 1.165) is 4.68 Å². The molecule has 0 spiro atoms. The summed E-state index contributed by atoms with van der Waals surface area (Å²) in [4.78, 5) is 29.4. The first-order valence-corrected chi connectivity index (χ1v) is 10.1. The lowest BCUT2D eigenvalue weighted by atomic mass is 10.0. The number of nitrogens with two attached hydrogens (primary N) is 1. The van der Waals surface area contributed by atoms with Crippen molar-refractivity contribution in [3.63, 3.8) is 0 Å². The van der Waals surface area contributed by atoms with Gasteiger partial charge < -0.3 is 11.1 Å². The van der Waals surface area contributed by atoms with Crippen LogP contribution in [0.4, 0.5) is 14.5 Å². The molecule has 0 aliphatic heterocycles.